The molecule has 12 heteroatoms. The number of allylic oxidation sites excluding steroid dienone is 1. The summed E-state index contributed by atoms with van der Waals surface area (Å²) in [5, 5.41) is 0.945. The smallest absolute Gasteiger partial charge is 0.411 e. The molecule has 1 unspecified atom stereocenters. The van der Waals surface area contributed by atoms with E-state index < -0.39 is 50.4 Å². The van der Waals surface area contributed by atoms with Gasteiger partial charge in [-0.3, -0.25) is 19.2 Å². The van der Waals surface area contributed by atoms with Gasteiger partial charge in [0.15, 0.2) is 5.78 Å². The average Bonchev–Trinajstić information content (AvgIpc) is 3.85. The molecule has 226 valence electrons. The van der Waals surface area contributed by atoms with Crippen LogP contribution in [0.1, 0.15) is 52.9 Å². The number of methoxy groups -OCH3 is 1. The molecular formula is C30H37N3O8S. The van der Waals surface area contributed by atoms with Crippen LogP contribution in [0.3, 0.4) is 0 Å². The van der Waals surface area contributed by atoms with Gasteiger partial charge < -0.3 is 14.2 Å². The molecule has 0 spiro atoms. The SMILES string of the molecule is C=C[C@@H]1C[C@]1(CC(=O)C1C[C@@H](Oc2ncc(OC)c3ccccc23)CN1C(=O)OC(C)(C)C)C(=O)NS(=O)(=O)C1CC1. The molecule has 11 nitrogen and oxygen atoms in total. The number of carbonyl (C=O) groups excluding carboxylic acids is 3. The zero-order chi connectivity index (χ0) is 30.4. The van der Waals surface area contributed by atoms with Crippen LogP contribution in [-0.4, -0.2) is 72.7 Å². The number of carbonyl (C=O) groups is 3. The Morgan fingerprint density at radius 3 is 2.48 bits per heavy atom. The fraction of sp³-hybridized carbons (Fsp3) is 0.533. The van der Waals surface area contributed by atoms with Crippen molar-refractivity contribution in [3.63, 3.8) is 0 Å². The van der Waals surface area contributed by atoms with Gasteiger partial charge in [-0.25, -0.2) is 18.2 Å². The number of ketones is 1. The summed E-state index contributed by atoms with van der Waals surface area (Å²) in [7, 11) is -2.24. The summed E-state index contributed by atoms with van der Waals surface area (Å²) < 4.78 is 44.5. The number of amides is 2. The molecule has 5 rings (SSSR count). The molecule has 2 aromatic rings. The molecule has 3 aliphatic rings. The minimum Gasteiger partial charge on any atom is -0.494 e. The highest BCUT2D eigenvalue weighted by Gasteiger charge is 2.61. The molecule has 2 heterocycles. The van der Waals surface area contributed by atoms with Gasteiger partial charge in [0.05, 0.1) is 36.6 Å². The lowest BCUT2D eigenvalue weighted by Crippen LogP contribution is -2.46. The standard InChI is InChI=1S/C30H37N3O8S/c1-6-18-14-30(18,27(35)32-42(37,38)20-11-12-20)15-24(34)23-13-19(17-33(23)28(36)41-29(2,3)4)40-26-22-10-8-7-9-21(22)25(39-5)16-31-26/h6-10,16,18-20,23H,1,11-15,17H2,2-5H3,(H,32,35)/t18-,19-,23?,30-/m1/s1. The number of Topliss-reactive ketones (excluding diaryl/α,β-unsaturated/α-hetero) is 1. The first-order chi connectivity index (χ1) is 19.8. The Labute approximate surface area is 245 Å². The van der Waals surface area contributed by atoms with Crippen LogP contribution < -0.4 is 14.2 Å². The molecule has 0 bridgehead atoms. The van der Waals surface area contributed by atoms with Crippen LogP contribution in [0.15, 0.2) is 43.1 Å². The van der Waals surface area contributed by atoms with Crippen molar-refractivity contribution in [3.05, 3.63) is 43.1 Å². The summed E-state index contributed by atoms with van der Waals surface area (Å²) in [5.41, 5.74) is -2.03. The van der Waals surface area contributed by atoms with Crippen LogP contribution >= 0.6 is 0 Å². The van der Waals surface area contributed by atoms with Gasteiger partial charge in [0, 0.05) is 23.6 Å². The van der Waals surface area contributed by atoms with Crippen LogP contribution in [0, 0.1) is 11.3 Å². The van der Waals surface area contributed by atoms with E-state index in [2.05, 4.69) is 16.3 Å². The highest BCUT2D eigenvalue weighted by molar-refractivity contribution is 7.90. The molecule has 4 atom stereocenters. The molecular weight excluding hydrogens is 562 g/mol. The van der Waals surface area contributed by atoms with Gasteiger partial charge in [0.1, 0.15) is 17.5 Å². The van der Waals surface area contributed by atoms with Crippen LogP contribution in [0.4, 0.5) is 4.79 Å². The Hall–Kier alpha value is -3.67. The summed E-state index contributed by atoms with van der Waals surface area (Å²) in [4.78, 5) is 46.1. The zero-order valence-corrected chi connectivity index (χ0v) is 25.1. The Balaban J connectivity index is 1.38. The lowest BCUT2D eigenvalue weighted by atomic mass is 9.91. The van der Waals surface area contributed by atoms with Gasteiger partial charge in [-0.1, -0.05) is 24.3 Å². The van der Waals surface area contributed by atoms with Crippen LogP contribution in [-0.2, 0) is 24.3 Å². The fourth-order valence-corrected chi connectivity index (χ4v) is 6.96. The van der Waals surface area contributed by atoms with Gasteiger partial charge >= 0.3 is 6.09 Å². The molecule has 1 aromatic heterocycles. The molecule has 42 heavy (non-hydrogen) atoms. The molecule has 1 saturated heterocycles. The molecule has 1 aromatic carbocycles. The Kier molecular flexibility index (Phi) is 7.71. The predicted molar refractivity (Wildman–Crippen MR) is 155 cm³/mol. The number of hydrogen-bond donors (Lipinski definition) is 1. The third-order valence-corrected chi connectivity index (χ3v) is 9.86. The number of hydrogen-bond acceptors (Lipinski definition) is 9. The van der Waals surface area contributed by atoms with E-state index in [4.69, 9.17) is 14.2 Å². The second-order valence-corrected chi connectivity index (χ2v) is 14.3. The van der Waals surface area contributed by atoms with E-state index in [0.29, 0.717) is 30.9 Å². The first-order valence-corrected chi connectivity index (χ1v) is 15.6. The molecule has 1 aliphatic heterocycles. The third kappa shape index (κ3) is 5.95. The minimum absolute atomic E-state index is 0.0630. The van der Waals surface area contributed by atoms with Gasteiger partial charge in [0.2, 0.25) is 21.8 Å². The number of aromatic nitrogens is 1. The number of nitrogens with zero attached hydrogens (tertiary/aromatic N) is 2. The van der Waals surface area contributed by atoms with Crippen molar-refractivity contribution in [2.75, 3.05) is 13.7 Å². The van der Waals surface area contributed by atoms with E-state index in [-0.39, 0.29) is 31.1 Å². The number of benzene rings is 1. The van der Waals surface area contributed by atoms with Crippen molar-refractivity contribution in [3.8, 4) is 11.6 Å². The average molecular weight is 600 g/mol. The highest BCUT2D eigenvalue weighted by Crippen LogP contribution is 2.57. The number of pyridine rings is 1. The molecule has 2 saturated carbocycles. The summed E-state index contributed by atoms with van der Waals surface area (Å²) in [5.74, 6) is -0.502. The van der Waals surface area contributed by atoms with Gasteiger partial charge in [-0.05, 0) is 52.0 Å². The van der Waals surface area contributed by atoms with Crippen LogP contribution in [0.5, 0.6) is 11.6 Å². The van der Waals surface area contributed by atoms with E-state index in [0.717, 1.165) is 10.8 Å². The predicted octanol–water partition coefficient (Wildman–Crippen LogP) is 3.76. The summed E-state index contributed by atoms with van der Waals surface area (Å²) in [6, 6.07) is 6.52. The van der Waals surface area contributed by atoms with Crippen molar-refractivity contribution in [1.29, 1.82) is 0 Å². The third-order valence-electron chi connectivity index (χ3n) is 8.04. The number of sulfonamides is 1. The Bertz CT molecular complexity index is 1530. The van der Waals surface area contributed by atoms with Crippen LogP contribution in [0.2, 0.25) is 0 Å². The molecule has 1 N–H and O–H groups in total. The quantitative estimate of drug-likeness (QED) is 0.404. The molecule has 2 amide bonds. The maximum absolute atomic E-state index is 13.9. The second kappa shape index (κ2) is 10.9. The number of rotatable bonds is 10. The highest BCUT2D eigenvalue weighted by atomic mass is 32.2. The van der Waals surface area contributed by atoms with Gasteiger partial charge in [-0.2, -0.15) is 0 Å². The Morgan fingerprint density at radius 2 is 1.88 bits per heavy atom. The topological polar surface area (TPSA) is 141 Å². The minimum atomic E-state index is -3.79. The molecule has 0 radical (unpaired) electrons. The number of fused-ring (bicyclic) bond motifs is 1. The van der Waals surface area contributed by atoms with Crippen molar-refractivity contribution >= 4 is 38.6 Å². The van der Waals surface area contributed by atoms with Crippen LogP contribution in [0.25, 0.3) is 10.8 Å². The van der Waals surface area contributed by atoms with E-state index in [9.17, 15) is 22.8 Å². The van der Waals surface area contributed by atoms with E-state index in [1.165, 1.54) is 4.90 Å². The van der Waals surface area contributed by atoms with Gasteiger partial charge in [0.25, 0.3) is 0 Å². The zero-order valence-electron chi connectivity index (χ0n) is 24.3. The normalized spacial score (nSPS) is 25.5. The van der Waals surface area contributed by atoms with Crippen molar-refractivity contribution in [2.45, 2.75) is 75.9 Å². The monoisotopic (exact) mass is 599 g/mol. The lowest BCUT2D eigenvalue weighted by Gasteiger charge is -2.28. The summed E-state index contributed by atoms with van der Waals surface area (Å²) in [6.45, 7) is 9.03. The van der Waals surface area contributed by atoms with Gasteiger partial charge in [-0.15, -0.1) is 6.58 Å². The summed E-state index contributed by atoms with van der Waals surface area (Å²) in [6.07, 6.45) is 3.08. The fourth-order valence-electron chi connectivity index (χ4n) is 5.57. The molecule has 3 fully saturated rings. The first-order valence-electron chi connectivity index (χ1n) is 14.1. The van der Waals surface area contributed by atoms with E-state index in [1.54, 1.807) is 40.2 Å². The Morgan fingerprint density at radius 1 is 1.19 bits per heavy atom. The lowest BCUT2D eigenvalue weighted by molar-refractivity contribution is -0.131. The first kappa shape index (κ1) is 29.8. The largest absolute Gasteiger partial charge is 0.494 e. The summed E-state index contributed by atoms with van der Waals surface area (Å²) >= 11 is 0. The van der Waals surface area contributed by atoms with E-state index >= 15 is 0 Å². The number of likely N-dealkylation sites (tertiary alicyclic amines) is 1. The van der Waals surface area contributed by atoms with Crippen molar-refractivity contribution in [2.24, 2.45) is 11.3 Å². The maximum atomic E-state index is 13.9. The van der Waals surface area contributed by atoms with Crippen molar-refractivity contribution < 1.29 is 37.0 Å². The number of ether oxygens (including phenoxy) is 3. The molecule has 2 aliphatic carbocycles. The second-order valence-electron chi connectivity index (χ2n) is 12.3. The maximum Gasteiger partial charge on any atom is 0.411 e. The number of nitrogens with one attached hydrogen (secondary N) is 1. The van der Waals surface area contributed by atoms with E-state index in [1.807, 2.05) is 24.3 Å². The van der Waals surface area contributed by atoms with Crippen molar-refractivity contribution in [1.82, 2.24) is 14.6 Å².